The van der Waals surface area contributed by atoms with Gasteiger partial charge in [-0.05, 0) is 31.4 Å². The number of aliphatic carboxylic acids is 1. The predicted octanol–water partition coefficient (Wildman–Crippen LogP) is 1.29. The zero-order valence-corrected chi connectivity index (χ0v) is 13.7. The Hall–Kier alpha value is -2.67. The van der Waals surface area contributed by atoms with E-state index in [4.69, 9.17) is 4.74 Å². The molecule has 1 fully saturated rings. The molecule has 1 atom stereocenters. The summed E-state index contributed by atoms with van der Waals surface area (Å²) >= 11 is 0. The maximum absolute atomic E-state index is 13.1. The molecule has 1 aromatic heterocycles. The third-order valence-electron chi connectivity index (χ3n) is 4.81. The van der Waals surface area contributed by atoms with Crippen LogP contribution in [0.5, 0.6) is 0 Å². The highest BCUT2D eigenvalue weighted by molar-refractivity contribution is 5.97. The molecule has 0 spiro atoms. The summed E-state index contributed by atoms with van der Waals surface area (Å²) in [5, 5.41) is 13.9. The number of benzene rings is 1. The molecule has 1 amide bonds. The first-order chi connectivity index (χ1) is 12.2. The second kappa shape index (κ2) is 6.33. The number of amides is 1. The number of nitrogens with zero attached hydrogens (tertiary/aromatic N) is 3. The van der Waals surface area contributed by atoms with Crippen LogP contribution in [0.15, 0.2) is 30.3 Å². The van der Waals surface area contributed by atoms with Gasteiger partial charge < -0.3 is 14.7 Å². The first-order valence-corrected chi connectivity index (χ1v) is 8.44. The van der Waals surface area contributed by atoms with Crippen molar-refractivity contribution in [1.82, 2.24) is 14.7 Å². The number of carbonyl (C=O) groups is 2. The summed E-state index contributed by atoms with van der Waals surface area (Å²) in [5.41, 5.74) is 3.29. The van der Waals surface area contributed by atoms with E-state index in [1.54, 1.807) is 0 Å². The van der Waals surface area contributed by atoms with Crippen LogP contribution in [0.2, 0.25) is 0 Å². The van der Waals surface area contributed by atoms with E-state index >= 15 is 0 Å². The Morgan fingerprint density at radius 3 is 2.76 bits per heavy atom. The highest BCUT2D eigenvalue weighted by Gasteiger charge is 2.37. The largest absolute Gasteiger partial charge is 0.480 e. The quantitative estimate of drug-likeness (QED) is 0.909. The topological polar surface area (TPSA) is 84.7 Å². The fraction of sp³-hybridized carbons (Fsp3) is 0.389. The lowest BCUT2D eigenvalue weighted by Gasteiger charge is -2.32. The molecule has 1 N–H and O–H groups in total. The van der Waals surface area contributed by atoms with Crippen molar-refractivity contribution in [2.24, 2.45) is 0 Å². The molecule has 1 aliphatic carbocycles. The Morgan fingerprint density at radius 1 is 1.20 bits per heavy atom. The Morgan fingerprint density at radius 2 is 2.00 bits per heavy atom. The minimum atomic E-state index is -1.05. The number of ether oxygens (including phenoxy) is 1. The van der Waals surface area contributed by atoms with E-state index in [2.05, 4.69) is 5.10 Å². The van der Waals surface area contributed by atoms with Crippen molar-refractivity contribution in [3.8, 4) is 5.69 Å². The molecule has 7 nitrogen and oxygen atoms in total. The summed E-state index contributed by atoms with van der Waals surface area (Å²) in [4.78, 5) is 25.9. The van der Waals surface area contributed by atoms with Gasteiger partial charge in [0.1, 0.15) is 0 Å². The Bertz CT molecular complexity index is 815. The Labute approximate surface area is 144 Å². The number of carbonyl (C=O) groups excluding carboxylic acids is 1. The van der Waals surface area contributed by atoms with E-state index in [1.165, 1.54) is 4.90 Å². The van der Waals surface area contributed by atoms with E-state index in [-0.39, 0.29) is 19.1 Å². The molecule has 0 bridgehead atoms. The van der Waals surface area contributed by atoms with Gasteiger partial charge in [0, 0.05) is 17.8 Å². The highest BCUT2D eigenvalue weighted by atomic mass is 16.5. The van der Waals surface area contributed by atoms with Gasteiger partial charge in [-0.3, -0.25) is 4.79 Å². The summed E-state index contributed by atoms with van der Waals surface area (Å²) in [7, 11) is 0. The van der Waals surface area contributed by atoms with Crippen LogP contribution in [0, 0.1) is 0 Å². The van der Waals surface area contributed by atoms with Crippen molar-refractivity contribution in [2.45, 2.75) is 25.3 Å². The molecule has 130 valence electrons. The summed E-state index contributed by atoms with van der Waals surface area (Å²) < 4.78 is 7.05. The van der Waals surface area contributed by atoms with Gasteiger partial charge in [0.05, 0.1) is 18.9 Å². The van der Waals surface area contributed by atoms with Crippen molar-refractivity contribution in [2.75, 3.05) is 19.8 Å². The van der Waals surface area contributed by atoms with E-state index in [0.717, 1.165) is 36.2 Å². The van der Waals surface area contributed by atoms with Crippen LogP contribution in [0.3, 0.4) is 0 Å². The molecular formula is C18H19N3O4. The maximum Gasteiger partial charge on any atom is 0.328 e. The minimum Gasteiger partial charge on any atom is -0.480 e. The first kappa shape index (κ1) is 15.8. The van der Waals surface area contributed by atoms with Gasteiger partial charge in [0.25, 0.3) is 5.91 Å². The third-order valence-corrected chi connectivity index (χ3v) is 4.81. The number of rotatable bonds is 3. The monoisotopic (exact) mass is 341 g/mol. The van der Waals surface area contributed by atoms with Crippen LogP contribution in [-0.4, -0.2) is 57.5 Å². The Balaban J connectivity index is 1.73. The second-order valence-electron chi connectivity index (χ2n) is 6.30. The molecule has 1 unspecified atom stereocenters. The van der Waals surface area contributed by atoms with Gasteiger partial charge in [0.15, 0.2) is 11.7 Å². The molecule has 4 rings (SSSR count). The fourth-order valence-corrected chi connectivity index (χ4v) is 3.58. The van der Waals surface area contributed by atoms with Crippen molar-refractivity contribution in [3.63, 3.8) is 0 Å². The average molecular weight is 341 g/mol. The lowest BCUT2D eigenvalue weighted by atomic mass is 10.1. The lowest BCUT2D eigenvalue weighted by molar-refractivity contribution is -0.147. The van der Waals surface area contributed by atoms with Crippen molar-refractivity contribution in [3.05, 3.63) is 47.3 Å². The molecule has 25 heavy (non-hydrogen) atoms. The number of para-hydroxylation sites is 1. The number of aromatic nitrogens is 2. The Kier molecular flexibility index (Phi) is 4.01. The van der Waals surface area contributed by atoms with Crippen LogP contribution < -0.4 is 0 Å². The van der Waals surface area contributed by atoms with Crippen molar-refractivity contribution < 1.29 is 19.4 Å². The average Bonchev–Trinajstić information content (AvgIpc) is 3.24. The van der Waals surface area contributed by atoms with E-state index in [0.29, 0.717) is 12.3 Å². The third kappa shape index (κ3) is 2.70. The normalized spacial score (nSPS) is 19.7. The molecule has 2 aromatic rings. The number of hydrogen-bond donors (Lipinski definition) is 1. The molecule has 7 heteroatoms. The SMILES string of the molecule is O=C(O)C1COCCN1C(=O)c1nn(-c2ccccc2)c2c1CCC2. The van der Waals surface area contributed by atoms with E-state index in [1.807, 2.05) is 35.0 Å². The fourth-order valence-electron chi connectivity index (χ4n) is 3.58. The van der Waals surface area contributed by atoms with Crippen molar-refractivity contribution >= 4 is 11.9 Å². The van der Waals surface area contributed by atoms with Gasteiger partial charge in [-0.15, -0.1) is 0 Å². The van der Waals surface area contributed by atoms with Crippen molar-refractivity contribution in [1.29, 1.82) is 0 Å². The number of morpholine rings is 1. The summed E-state index contributed by atoms with van der Waals surface area (Å²) in [6.45, 7) is 0.628. The molecule has 1 aliphatic heterocycles. The molecule has 1 saturated heterocycles. The number of fused-ring (bicyclic) bond motifs is 1. The predicted molar refractivity (Wildman–Crippen MR) is 88.9 cm³/mol. The van der Waals surface area contributed by atoms with Crippen LogP contribution >= 0.6 is 0 Å². The summed E-state index contributed by atoms with van der Waals surface area (Å²) in [6.07, 6.45) is 2.65. The van der Waals surface area contributed by atoms with Gasteiger partial charge in [-0.25, -0.2) is 9.48 Å². The van der Waals surface area contributed by atoms with Crippen LogP contribution in [-0.2, 0) is 22.4 Å². The van der Waals surface area contributed by atoms with Gasteiger partial charge in [-0.2, -0.15) is 5.10 Å². The standard InChI is InChI=1S/C18H19N3O4/c22-17(20-9-10-25-11-15(20)18(23)24)16-13-7-4-8-14(13)21(19-16)12-5-2-1-3-6-12/h1-3,5-6,15H,4,7-11H2,(H,23,24). The molecule has 1 aromatic carbocycles. The molecular weight excluding hydrogens is 322 g/mol. The van der Waals surface area contributed by atoms with E-state index in [9.17, 15) is 14.7 Å². The highest BCUT2D eigenvalue weighted by Crippen LogP contribution is 2.29. The molecule has 0 saturated carbocycles. The minimum absolute atomic E-state index is 0.0165. The zero-order valence-electron chi connectivity index (χ0n) is 13.7. The lowest BCUT2D eigenvalue weighted by Crippen LogP contribution is -2.52. The number of carboxylic acid groups (broad SMARTS) is 1. The van der Waals surface area contributed by atoms with Crippen LogP contribution in [0.25, 0.3) is 5.69 Å². The first-order valence-electron chi connectivity index (χ1n) is 8.44. The number of hydrogen-bond acceptors (Lipinski definition) is 4. The van der Waals surface area contributed by atoms with Crippen LogP contribution in [0.1, 0.15) is 28.2 Å². The molecule has 0 radical (unpaired) electrons. The molecule has 2 aliphatic rings. The summed E-state index contributed by atoms with van der Waals surface area (Å²) in [5.74, 6) is -1.37. The number of carboxylic acids is 1. The van der Waals surface area contributed by atoms with Gasteiger partial charge >= 0.3 is 5.97 Å². The zero-order chi connectivity index (χ0) is 17.4. The molecule has 2 heterocycles. The smallest absolute Gasteiger partial charge is 0.328 e. The van der Waals surface area contributed by atoms with Crippen LogP contribution in [0.4, 0.5) is 0 Å². The van der Waals surface area contributed by atoms with Gasteiger partial charge in [-0.1, -0.05) is 18.2 Å². The van der Waals surface area contributed by atoms with Gasteiger partial charge in [0.2, 0.25) is 0 Å². The van der Waals surface area contributed by atoms with E-state index < -0.39 is 12.0 Å². The summed E-state index contributed by atoms with van der Waals surface area (Å²) in [6, 6.07) is 8.75. The second-order valence-corrected chi connectivity index (χ2v) is 6.30. The maximum atomic E-state index is 13.1.